The van der Waals surface area contributed by atoms with Gasteiger partial charge >= 0.3 is 0 Å². The molecule has 0 aliphatic rings. The maximum Gasteiger partial charge on any atom is 0.218 e. The fourth-order valence-electron chi connectivity index (χ4n) is 0.821. The Bertz CT molecular complexity index is 295. The highest BCUT2D eigenvalue weighted by molar-refractivity contribution is 5.79. The van der Waals surface area contributed by atoms with Crippen molar-refractivity contribution in [2.45, 2.75) is 0 Å². The first-order valence-corrected chi connectivity index (χ1v) is 3.64. The fourth-order valence-corrected chi connectivity index (χ4v) is 0.821. The van der Waals surface area contributed by atoms with Gasteiger partial charge in [0.1, 0.15) is 5.75 Å². The molecule has 0 saturated carbocycles. The van der Waals surface area contributed by atoms with Crippen molar-refractivity contribution < 1.29 is 9.94 Å². The molecule has 4 N–H and O–H groups in total. The lowest BCUT2D eigenvalue weighted by molar-refractivity contribution is 0.233. The van der Waals surface area contributed by atoms with E-state index in [4.69, 9.17) is 15.7 Å². The summed E-state index contributed by atoms with van der Waals surface area (Å²) in [6, 6.07) is 6.96. The first-order valence-electron chi connectivity index (χ1n) is 3.64. The quantitative estimate of drug-likeness (QED) is 0.355. The molecule has 0 atom stereocenters. The van der Waals surface area contributed by atoms with Crippen molar-refractivity contribution >= 4 is 11.6 Å². The molecule has 0 aliphatic carbocycles. The molecule has 0 unspecified atom stereocenters. The normalized spacial score (nSPS) is 11.1. The second-order valence-corrected chi connectivity index (χ2v) is 2.31. The number of guanidine groups is 1. The molecule has 0 bridgehead atoms. The summed E-state index contributed by atoms with van der Waals surface area (Å²) in [5.74, 6) is 0.694. The second-order valence-electron chi connectivity index (χ2n) is 2.31. The largest absolute Gasteiger partial charge is 0.497 e. The Balaban J connectivity index is 2.80. The number of nitrogens with zero attached hydrogens (tertiary/aromatic N) is 1. The van der Waals surface area contributed by atoms with Gasteiger partial charge in [0.2, 0.25) is 5.96 Å². The fraction of sp³-hybridized carbons (Fsp3) is 0.125. The number of hydroxylamine groups is 1. The highest BCUT2D eigenvalue weighted by Crippen LogP contribution is 2.16. The Hall–Kier alpha value is -1.75. The predicted octanol–water partition coefficient (Wildman–Crippen LogP) is 0.620. The second kappa shape index (κ2) is 4.32. The molecule has 0 saturated heterocycles. The molecule has 70 valence electrons. The van der Waals surface area contributed by atoms with Crippen LogP contribution in [0.1, 0.15) is 0 Å². The Labute approximate surface area is 75.8 Å². The van der Waals surface area contributed by atoms with Crippen LogP contribution < -0.4 is 16.0 Å². The number of aliphatic imine (C=N–C) groups is 1. The Morgan fingerprint density at radius 2 is 2.08 bits per heavy atom. The van der Waals surface area contributed by atoms with Crippen LogP contribution in [0.2, 0.25) is 0 Å². The molecule has 13 heavy (non-hydrogen) atoms. The molecule has 1 rings (SSSR count). The van der Waals surface area contributed by atoms with E-state index in [2.05, 4.69) is 4.99 Å². The van der Waals surface area contributed by atoms with Gasteiger partial charge in [0.25, 0.3) is 0 Å². The maximum absolute atomic E-state index is 8.37. The number of hydrogen-bond donors (Lipinski definition) is 3. The van der Waals surface area contributed by atoms with Crippen molar-refractivity contribution in [1.29, 1.82) is 0 Å². The van der Waals surface area contributed by atoms with Crippen molar-refractivity contribution in [3.8, 4) is 5.75 Å². The number of nitrogens with two attached hydrogens (primary N) is 1. The standard InChI is InChI=1S/C8H11N3O2/c1-13-7-4-2-6(3-5-7)10-8(9)11-12/h2-5,12H,1H3,(H3,9,10,11). The van der Waals surface area contributed by atoms with E-state index in [0.717, 1.165) is 5.75 Å². The lowest BCUT2D eigenvalue weighted by atomic mass is 10.3. The average Bonchev–Trinajstić information content (AvgIpc) is 2.19. The third kappa shape index (κ3) is 2.64. The van der Waals surface area contributed by atoms with Crippen LogP contribution in [0.25, 0.3) is 0 Å². The van der Waals surface area contributed by atoms with Crippen molar-refractivity contribution in [2.75, 3.05) is 7.11 Å². The summed E-state index contributed by atoms with van der Waals surface area (Å²) in [6.07, 6.45) is 0. The summed E-state index contributed by atoms with van der Waals surface area (Å²) in [4.78, 5) is 3.83. The highest BCUT2D eigenvalue weighted by Gasteiger charge is 1.92. The van der Waals surface area contributed by atoms with Crippen LogP contribution in [0.5, 0.6) is 5.75 Å². The zero-order valence-electron chi connectivity index (χ0n) is 7.19. The van der Waals surface area contributed by atoms with Gasteiger partial charge in [-0.15, -0.1) is 0 Å². The lowest BCUT2D eigenvalue weighted by Gasteiger charge is -2.00. The molecular weight excluding hydrogens is 170 g/mol. The molecule has 1 aromatic carbocycles. The number of nitrogens with one attached hydrogen (secondary N) is 1. The zero-order valence-corrected chi connectivity index (χ0v) is 7.19. The minimum absolute atomic E-state index is 0.0508. The van der Waals surface area contributed by atoms with E-state index in [-0.39, 0.29) is 5.96 Å². The van der Waals surface area contributed by atoms with Gasteiger partial charge < -0.3 is 10.5 Å². The predicted molar refractivity (Wildman–Crippen MR) is 49.2 cm³/mol. The molecule has 0 aromatic heterocycles. The van der Waals surface area contributed by atoms with Crippen LogP contribution in [-0.2, 0) is 0 Å². The third-order valence-electron chi connectivity index (χ3n) is 1.44. The van der Waals surface area contributed by atoms with Crippen LogP contribution in [0.3, 0.4) is 0 Å². The summed E-state index contributed by atoms with van der Waals surface area (Å²) < 4.78 is 4.96. The van der Waals surface area contributed by atoms with E-state index in [9.17, 15) is 0 Å². The summed E-state index contributed by atoms with van der Waals surface area (Å²) in [6.45, 7) is 0. The van der Waals surface area contributed by atoms with Crippen molar-refractivity contribution in [3.63, 3.8) is 0 Å². The van der Waals surface area contributed by atoms with E-state index >= 15 is 0 Å². The minimum atomic E-state index is -0.0508. The van der Waals surface area contributed by atoms with Crippen molar-refractivity contribution in [2.24, 2.45) is 10.7 Å². The minimum Gasteiger partial charge on any atom is -0.497 e. The molecule has 1 aromatic rings. The third-order valence-corrected chi connectivity index (χ3v) is 1.44. The molecule has 0 fully saturated rings. The average molecular weight is 181 g/mol. The van der Waals surface area contributed by atoms with Crippen LogP contribution in [0.15, 0.2) is 29.3 Å². The van der Waals surface area contributed by atoms with Crippen LogP contribution >= 0.6 is 0 Å². The molecule has 0 amide bonds. The Kier molecular flexibility index (Phi) is 3.10. The van der Waals surface area contributed by atoms with Crippen molar-refractivity contribution in [1.82, 2.24) is 5.48 Å². The van der Waals surface area contributed by atoms with E-state index in [1.807, 2.05) is 0 Å². The molecule has 0 radical (unpaired) electrons. The Morgan fingerprint density at radius 1 is 1.46 bits per heavy atom. The number of hydrogen-bond acceptors (Lipinski definition) is 3. The van der Waals surface area contributed by atoms with Gasteiger partial charge in [0, 0.05) is 0 Å². The van der Waals surface area contributed by atoms with Gasteiger partial charge in [-0.3, -0.25) is 5.21 Å². The van der Waals surface area contributed by atoms with Gasteiger partial charge in [0.15, 0.2) is 0 Å². The van der Waals surface area contributed by atoms with Crippen LogP contribution in [0, 0.1) is 0 Å². The van der Waals surface area contributed by atoms with Crippen LogP contribution in [0.4, 0.5) is 5.69 Å². The first kappa shape index (κ1) is 9.34. The number of benzene rings is 1. The smallest absolute Gasteiger partial charge is 0.218 e. The molecular formula is C8H11N3O2. The van der Waals surface area contributed by atoms with Gasteiger partial charge in [-0.25, -0.2) is 10.5 Å². The van der Waals surface area contributed by atoms with Crippen LogP contribution in [-0.4, -0.2) is 18.3 Å². The van der Waals surface area contributed by atoms with E-state index < -0.39 is 0 Å². The summed E-state index contributed by atoms with van der Waals surface area (Å²) in [5.41, 5.74) is 7.61. The van der Waals surface area contributed by atoms with E-state index in [1.165, 1.54) is 0 Å². The SMILES string of the molecule is COc1ccc(N=C(N)NO)cc1. The first-order chi connectivity index (χ1) is 6.26. The number of methoxy groups -OCH3 is 1. The van der Waals surface area contributed by atoms with E-state index in [0.29, 0.717) is 5.69 Å². The van der Waals surface area contributed by atoms with Gasteiger partial charge in [-0.1, -0.05) is 0 Å². The van der Waals surface area contributed by atoms with Gasteiger partial charge in [-0.05, 0) is 24.3 Å². The monoisotopic (exact) mass is 181 g/mol. The molecule has 0 aliphatic heterocycles. The summed E-state index contributed by atoms with van der Waals surface area (Å²) >= 11 is 0. The van der Waals surface area contributed by atoms with Crippen molar-refractivity contribution in [3.05, 3.63) is 24.3 Å². The molecule has 5 heteroatoms. The summed E-state index contributed by atoms with van der Waals surface area (Å²) in [7, 11) is 1.59. The highest BCUT2D eigenvalue weighted by atomic mass is 16.5. The molecule has 5 nitrogen and oxygen atoms in total. The maximum atomic E-state index is 8.37. The van der Waals surface area contributed by atoms with Gasteiger partial charge in [0.05, 0.1) is 12.8 Å². The summed E-state index contributed by atoms with van der Waals surface area (Å²) in [5, 5.41) is 8.37. The molecule has 0 heterocycles. The Morgan fingerprint density at radius 3 is 2.54 bits per heavy atom. The molecule has 0 spiro atoms. The lowest BCUT2D eigenvalue weighted by Crippen LogP contribution is -2.27. The number of rotatable bonds is 2. The van der Waals surface area contributed by atoms with E-state index in [1.54, 1.807) is 36.9 Å². The number of ether oxygens (including phenoxy) is 1. The topological polar surface area (TPSA) is 79.9 Å². The van der Waals surface area contributed by atoms with Gasteiger partial charge in [-0.2, -0.15) is 0 Å². The zero-order chi connectivity index (χ0) is 9.68.